The summed E-state index contributed by atoms with van der Waals surface area (Å²) in [4.78, 5) is 37.6. The molecule has 2 aromatic carbocycles. The molecule has 3 aromatic rings. The summed E-state index contributed by atoms with van der Waals surface area (Å²) >= 11 is 0. The second-order valence-electron chi connectivity index (χ2n) is 6.32. The fraction of sp³-hybridized carbons (Fsp3) is 0.190. The molecule has 0 saturated heterocycles. The molecule has 0 amide bonds. The Bertz CT molecular complexity index is 1050. The van der Waals surface area contributed by atoms with E-state index in [9.17, 15) is 19.5 Å². The van der Waals surface area contributed by atoms with Gasteiger partial charge in [0.15, 0.2) is 0 Å². The smallest absolute Gasteiger partial charge is 0.344 e. The molecular weight excluding hydrogens is 332 g/mol. The molecule has 0 fully saturated rings. The highest BCUT2D eigenvalue weighted by atomic mass is 16.4. The highest BCUT2D eigenvalue weighted by Gasteiger charge is 2.45. The summed E-state index contributed by atoms with van der Waals surface area (Å²) in [6, 6.07) is 15.1. The van der Waals surface area contributed by atoms with Crippen LogP contribution in [0.4, 0.5) is 0 Å². The van der Waals surface area contributed by atoms with Crippen molar-refractivity contribution in [3.8, 4) is 5.75 Å². The molecule has 0 aliphatic rings. The Morgan fingerprint density at radius 1 is 1.00 bits per heavy atom. The number of hydrogen-bond donors (Lipinski definition) is 1. The lowest BCUT2D eigenvalue weighted by Gasteiger charge is -2.31. The fourth-order valence-electron chi connectivity index (χ4n) is 3.44. The lowest BCUT2D eigenvalue weighted by atomic mass is 9.68. The lowest BCUT2D eigenvalue weighted by Crippen LogP contribution is -2.41. The average Bonchev–Trinajstić information content (AvgIpc) is 2.61. The molecule has 26 heavy (non-hydrogen) atoms. The van der Waals surface area contributed by atoms with Gasteiger partial charge in [0, 0.05) is 6.42 Å². The maximum Gasteiger partial charge on any atom is 0.344 e. The van der Waals surface area contributed by atoms with Crippen LogP contribution in [0.2, 0.25) is 0 Å². The summed E-state index contributed by atoms with van der Waals surface area (Å²) in [6.07, 6.45) is -0.247. The van der Waals surface area contributed by atoms with E-state index >= 15 is 0 Å². The van der Waals surface area contributed by atoms with Crippen molar-refractivity contribution in [2.75, 3.05) is 0 Å². The van der Waals surface area contributed by atoms with Gasteiger partial charge in [-0.2, -0.15) is 0 Å². The molecule has 5 heteroatoms. The van der Waals surface area contributed by atoms with Gasteiger partial charge in [-0.3, -0.25) is 9.59 Å². The van der Waals surface area contributed by atoms with Crippen LogP contribution in [0, 0.1) is 0 Å². The van der Waals surface area contributed by atoms with E-state index in [1.807, 2.05) is 0 Å². The van der Waals surface area contributed by atoms with E-state index in [2.05, 4.69) is 0 Å². The SMILES string of the molecule is CC(=O)CC(C(C)=O)(c1ccccc1)c1c(O)c2ccccc2oc1=O. The van der Waals surface area contributed by atoms with Gasteiger partial charge in [0.2, 0.25) is 0 Å². The third-order valence-electron chi connectivity index (χ3n) is 4.59. The third-order valence-corrected chi connectivity index (χ3v) is 4.59. The number of fused-ring (bicyclic) bond motifs is 1. The highest BCUT2D eigenvalue weighted by molar-refractivity contribution is 5.99. The van der Waals surface area contributed by atoms with Crippen molar-refractivity contribution in [3.05, 3.63) is 76.1 Å². The summed E-state index contributed by atoms with van der Waals surface area (Å²) in [5, 5.41) is 11.2. The molecule has 1 N–H and O–H groups in total. The Balaban J connectivity index is 2.47. The predicted octanol–water partition coefficient (Wildman–Crippen LogP) is 3.35. The lowest BCUT2D eigenvalue weighted by molar-refractivity contribution is -0.126. The number of ketones is 2. The van der Waals surface area contributed by atoms with Crippen LogP contribution < -0.4 is 5.63 Å². The minimum absolute atomic E-state index is 0.204. The number of aromatic hydroxyl groups is 1. The van der Waals surface area contributed by atoms with Crippen LogP contribution in [0.15, 0.2) is 63.8 Å². The van der Waals surface area contributed by atoms with Gasteiger partial charge < -0.3 is 9.52 Å². The van der Waals surface area contributed by atoms with Gasteiger partial charge in [-0.1, -0.05) is 42.5 Å². The van der Waals surface area contributed by atoms with Crippen molar-refractivity contribution in [2.24, 2.45) is 0 Å². The third kappa shape index (κ3) is 2.71. The minimum Gasteiger partial charge on any atom is -0.507 e. The van der Waals surface area contributed by atoms with Crippen LogP contribution >= 0.6 is 0 Å². The Morgan fingerprint density at radius 3 is 2.23 bits per heavy atom. The van der Waals surface area contributed by atoms with Crippen molar-refractivity contribution in [1.29, 1.82) is 0 Å². The first kappa shape index (κ1) is 17.6. The number of Topliss-reactive ketones (excluding diaryl/α,β-unsaturated/α-hetero) is 2. The fourth-order valence-corrected chi connectivity index (χ4v) is 3.44. The predicted molar refractivity (Wildman–Crippen MR) is 97.3 cm³/mol. The average molecular weight is 350 g/mol. The van der Waals surface area contributed by atoms with Crippen LogP contribution in [0.3, 0.4) is 0 Å². The standard InChI is InChI=1S/C21H18O5/c1-13(22)12-21(14(2)23,15-8-4-3-5-9-15)18-19(24)16-10-6-7-11-17(16)26-20(18)25/h3-11,24H,12H2,1-2H3. The number of para-hydroxylation sites is 1. The van der Waals surface area contributed by atoms with E-state index in [0.29, 0.717) is 10.9 Å². The summed E-state index contributed by atoms with van der Waals surface area (Å²) in [7, 11) is 0. The molecular formula is C21H18O5. The molecule has 0 saturated carbocycles. The van der Waals surface area contributed by atoms with Gasteiger partial charge >= 0.3 is 5.63 Å². The molecule has 5 nitrogen and oxygen atoms in total. The zero-order valence-electron chi connectivity index (χ0n) is 14.5. The van der Waals surface area contributed by atoms with Gasteiger partial charge in [0.1, 0.15) is 22.9 Å². The molecule has 1 unspecified atom stereocenters. The number of rotatable bonds is 5. The van der Waals surface area contributed by atoms with Gasteiger partial charge in [0.05, 0.1) is 16.4 Å². The zero-order valence-corrected chi connectivity index (χ0v) is 14.5. The topological polar surface area (TPSA) is 84.6 Å². The monoisotopic (exact) mass is 350 g/mol. The summed E-state index contributed by atoms with van der Waals surface area (Å²) < 4.78 is 5.35. The maximum atomic E-state index is 12.8. The normalized spacial score (nSPS) is 13.3. The first-order chi connectivity index (χ1) is 12.4. The van der Waals surface area contributed by atoms with E-state index in [1.165, 1.54) is 13.8 Å². The maximum absolute atomic E-state index is 12.8. The number of carbonyl (C=O) groups is 2. The molecule has 0 spiro atoms. The molecule has 3 rings (SSSR count). The van der Waals surface area contributed by atoms with Gasteiger partial charge in [0.25, 0.3) is 0 Å². The Kier molecular flexibility index (Phi) is 4.47. The zero-order chi connectivity index (χ0) is 18.9. The summed E-state index contributed by atoms with van der Waals surface area (Å²) in [6.45, 7) is 2.66. The van der Waals surface area contributed by atoms with E-state index < -0.39 is 16.8 Å². The quantitative estimate of drug-likeness (QED) is 0.713. The number of carbonyl (C=O) groups excluding carboxylic acids is 2. The van der Waals surface area contributed by atoms with Gasteiger partial charge in [-0.25, -0.2) is 4.79 Å². The van der Waals surface area contributed by atoms with Crippen molar-refractivity contribution in [3.63, 3.8) is 0 Å². The molecule has 1 heterocycles. The van der Waals surface area contributed by atoms with Gasteiger partial charge in [-0.05, 0) is 31.5 Å². The second kappa shape index (κ2) is 6.59. The van der Waals surface area contributed by atoms with Crippen LogP contribution in [-0.2, 0) is 15.0 Å². The summed E-state index contributed by atoms with van der Waals surface area (Å²) in [5.41, 5.74) is -1.97. The molecule has 0 aliphatic heterocycles. The Morgan fingerprint density at radius 2 is 1.62 bits per heavy atom. The minimum atomic E-state index is -1.61. The van der Waals surface area contributed by atoms with E-state index in [4.69, 9.17) is 4.42 Å². The molecule has 0 aliphatic carbocycles. The van der Waals surface area contributed by atoms with Crippen molar-refractivity contribution in [2.45, 2.75) is 25.7 Å². The second-order valence-corrected chi connectivity index (χ2v) is 6.32. The molecule has 1 atom stereocenters. The van der Waals surface area contributed by atoms with Crippen LogP contribution in [0.5, 0.6) is 5.75 Å². The molecule has 132 valence electrons. The van der Waals surface area contributed by atoms with Gasteiger partial charge in [-0.15, -0.1) is 0 Å². The number of hydrogen-bond acceptors (Lipinski definition) is 5. The highest BCUT2D eigenvalue weighted by Crippen LogP contribution is 2.42. The van der Waals surface area contributed by atoms with E-state index in [0.717, 1.165) is 0 Å². The molecule has 0 radical (unpaired) electrons. The van der Waals surface area contributed by atoms with Crippen LogP contribution in [0.1, 0.15) is 31.4 Å². The first-order valence-corrected chi connectivity index (χ1v) is 8.19. The van der Waals surface area contributed by atoms with Crippen molar-refractivity contribution < 1.29 is 19.1 Å². The number of benzene rings is 2. The van der Waals surface area contributed by atoms with Crippen molar-refractivity contribution in [1.82, 2.24) is 0 Å². The van der Waals surface area contributed by atoms with Crippen molar-refractivity contribution >= 4 is 22.5 Å². The van der Waals surface area contributed by atoms with Crippen LogP contribution in [0.25, 0.3) is 11.0 Å². The van der Waals surface area contributed by atoms with Crippen LogP contribution in [-0.4, -0.2) is 16.7 Å². The van der Waals surface area contributed by atoms with E-state index in [1.54, 1.807) is 54.6 Å². The Hall–Kier alpha value is -3.21. The van der Waals surface area contributed by atoms with E-state index in [-0.39, 0.29) is 29.1 Å². The first-order valence-electron chi connectivity index (χ1n) is 8.19. The largest absolute Gasteiger partial charge is 0.507 e. The Labute approximate surface area is 149 Å². The summed E-state index contributed by atoms with van der Waals surface area (Å²) in [5.74, 6) is -1.04. The molecule has 1 aromatic heterocycles. The molecule has 0 bridgehead atoms.